The topological polar surface area (TPSA) is 142 Å². The van der Waals surface area contributed by atoms with E-state index in [0.717, 1.165) is 0 Å². The van der Waals surface area contributed by atoms with Gasteiger partial charge in [0.2, 0.25) is 12.2 Å². The quantitative estimate of drug-likeness (QED) is 0.595. The van der Waals surface area contributed by atoms with Crippen LogP contribution in [-0.2, 0) is 13.1 Å². The second-order valence-electron chi connectivity index (χ2n) is 4.40. The number of rotatable bonds is 6. The maximum Gasteiger partial charge on any atom is 0.381 e. The smallest absolute Gasteiger partial charge is 0.381 e. The van der Waals surface area contributed by atoms with Crippen molar-refractivity contribution in [3.8, 4) is 0 Å². The van der Waals surface area contributed by atoms with Gasteiger partial charge in [0.1, 0.15) is 12.4 Å². The van der Waals surface area contributed by atoms with E-state index < -0.39 is 16.0 Å². The zero-order valence-electron chi connectivity index (χ0n) is 11.0. The van der Waals surface area contributed by atoms with Crippen LogP contribution in [-0.4, -0.2) is 40.2 Å². The Morgan fingerprint density at radius 1 is 1.24 bits per heavy atom. The Kier molecular flexibility index (Phi) is 3.93. The van der Waals surface area contributed by atoms with Gasteiger partial charge in [-0.25, -0.2) is 0 Å². The molecule has 0 aliphatic heterocycles. The predicted octanol–water partition coefficient (Wildman–Crippen LogP) is 0.266. The molecule has 0 radical (unpaired) electrons. The van der Waals surface area contributed by atoms with Gasteiger partial charge in [-0.05, 0) is 19.8 Å². The van der Waals surface area contributed by atoms with Gasteiger partial charge in [0.15, 0.2) is 0 Å². The van der Waals surface area contributed by atoms with E-state index in [4.69, 9.17) is 0 Å². The number of aromatic nitrogens is 4. The van der Waals surface area contributed by atoms with E-state index in [1.165, 1.54) is 27.9 Å². The summed E-state index contributed by atoms with van der Waals surface area (Å²) >= 11 is 0. The third-order valence-electron chi connectivity index (χ3n) is 2.79. The molecular formula is C10H12N6O5. The predicted molar refractivity (Wildman–Crippen MR) is 68.5 cm³/mol. The second-order valence-corrected chi connectivity index (χ2v) is 4.40. The second kappa shape index (κ2) is 5.66. The van der Waals surface area contributed by atoms with Crippen molar-refractivity contribution in [1.82, 2.24) is 19.1 Å². The third-order valence-corrected chi connectivity index (χ3v) is 2.79. The number of aliphatic hydroxyl groups excluding tert-OH is 1. The first-order chi connectivity index (χ1) is 9.86. The molecule has 0 aliphatic carbocycles. The molecular weight excluding hydrogens is 284 g/mol. The molecule has 0 amide bonds. The van der Waals surface area contributed by atoms with Gasteiger partial charge in [-0.2, -0.15) is 0 Å². The van der Waals surface area contributed by atoms with Crippen molar-refractivity contribution in [2.75, 3.05) is 0 Å². The van der Waals surface area contributed by atoms with E-state index in [1.54, 1.807) is 6.92 Å². The fourth-order valence-corrected chi connectivity index (χ4v) is 1.84. The minimum absolute atomic E-state index is 0.0757. The summed E-state index contributed by atoms with van der Waals surface area (Å²) < 4.78 is 2.83. The number of nitro groups is 2. The van der Waals surface area contributed by atoms with Crippen LogP contribution >= 0.6 is 0 Å². The van der Waals surface area contributed by atoms with Crippen LogP contribution in [0.2, 0.25) is 0 Å². The minimum Gasteiger partial charge on any atom is -0.389 e. The molecule has 0 saturated carbocycles. The molecule has 2 heterocycles. The van der Waals surface area contributed by atoms with Gasteiger partial charge in [0.25, 0.3) is 0 Å². The lowest BCUT2D eigenvalue weighted by atomic mass is 10.3. The first-order valence-corrected chi connectivity index (χ1v) is 5.89. The molecule has 11 heteroatoms. The molecule has 0 bridgehead atoms. The summed E-state index contributed by atoms with van der Waals surface area (Å²) in [4.78, 5) is 27.2. The lowest BCUT2D eigenvalue weighted by Gasteiger charge is -2.10. The van der Waals surface area contributed by atoms with Crippen LogP contribution in [0.25, 0.3) is 0 Å². The maximum absolute atomic E-state index is 10.6. The lowest BCUT2D eigenvalue weighted by molar-refractivity contribution is -0.389. The van der Waals surface area contributed by atoms with Crippen molar-refractivity contribution in [2.45, 2.75) is 26.1 Å². The van der Waals surface area contributed by atoms with Gasteiger partial charge in [-0.1, -0.05) is 0 Å². The summed E-state index contributed by atoms with van der Waals surface area (Å²) in [5, 5.41) is 31.0. The van der Waals surface area contributed by atoms with E-state index in [1.807, 2.05) is 0 Å². The lowest BCUT2D eigenvalue weighted by Crippen LogP contribution is -2.21. The average molecular weight is 296 g/mol. The molecule has 21 heavy (non-hydrogen) atoms. The highest BCUT2D eigenvalue weighted by atomic mass is 16.6. The summed E-state index contributed by atoms with van der Waals surface area (Å²) in [5.74, 6) is -0.202. The summed E-state index contributed by atoms with van der Waals surface area (Å²) in [7, 11) is 0. The van der Waals surface area contributed by atoms with Gasteiger partial charge >= 0.3 is 11.6 Å². The van der Waals surface area contributed by atoms with Crippen molar-refractivity contribution in [2.24, 2.45) is 0 Å². The van der Waals surface area contributed by atoms with E-state index >= 15 is 0 Å². The molecule has 2 rings (SSSR count). The molecule has 0 spiro atoms. The SMILES string of the molecule is Cc1nc([N+](=O)[O-])cn1C[C@H](O)Cn1cnc([N+](=O)[O-])c1. The van der Waals surface area contributed by atoms with Crippen LogP contribution < -0.4 is 0 Å². The number of imidazole rings is 2. The Bertz CT molecular complexity index is 677. The van der Waals surface area contributed by atoms with E-state index in [-0.39, 0.29) is 24.7 Å². The van der Waals surface area contributed by atoms with Gasteiger partial charge in [-0.3, -0.25) is 0 Å². The number of nitrogens with zero attached hydrogens (tertiary/aromatic N) is 6. The van der Waals surface area contributed by atoms with Crippen LogP contribution in [0.3, 0.4) is 0 Å². The Balaban J connectivity index is 2.02. The fraction of sp³-hybridized carbons (Fsp3) is 0.400. The van der Waals surface area contributed by atoms with Crippen LogP contribution in [0.5, 0.6) is 0 Å². The molecule has 0 aliphatic rings. The van der Waals surface area contributed by atoms with Crippen molar-refractivity contribution in [3.05, 3.63) is 44.8 Å². The highest BCUT2D eigenvalue weighted by Crippen LogP contribution is 2.12. The molecule has 2 aromatic heterocycles. The highest BCUT2D eigenvalue weighted by molar-refractivity contribution is 5.16. The zero-order valence-corrected chi connectivity index (χ0v) is 11.0. The van der Waals surface area contributed by atoms with Crippen LogP contribution in [0.1, 0.15) is 5.82 Å². The normalized spacial score (nSPS) is 12.3. The molecule has 2 aromatic rings. The van der Waals surface area contributed by atoms with E-state index in [0.29, 0.717) is 5.82 Å². The minimum atomic E-state index is -0.897. The number of aryl methyl sites for hydroxylation is 1. The summed E-state index contributed by atoms with van der Waals surface area (Å²) in [6.45, 7) is 1.74. The standard InChI is InChI=1S/C10H12N6O5/c1-7-12-10(16(20)21)5-14(7)3-8(17)2-13-4-9(11-6-13)15(18)19/h4-6,8,17H,2-3H2,1H3/t8-/m1/s1. The fourth-order valence-electron chi connectivity index (χ4n) is 1.84. The van der Waals surface area contributed by atoms with Crippen LogP contribution in [0.4, 0.5) is 11.6 Å². The average Bonchev–Trinajstić information content (AvgIpc) is 2.97. The molecule has 0 unspecified atom stereocenters. The first kappa shape index (κ1) is 14.6. The van der Waals surface area contributed by atoms with Crippen LogP contribution in [0.15, 0.2) is 18.7 Å². The van der Waals surface area contributed by atoms with Gasteiger partial charge in [-0.15, -0.1) is 0 Å². The largest absolute Gasteiger partial charge is 0.389 e. The van der Waals surface area contributed by atoms with Gasteiger partial charge < -0.3 is 34.5 Å². The van der Waals surface area contributed by atoms with Gasteiger partial charge in [0.05, 0.1) is 19.2 Å². The van der Waals surface area contributed by atoms with Crippen LogP contribution in [0, 0.1) is 27.2 Å². The van der Waals surface area contributed by atoms with Gasteiger partial charge in [0, 0.05) is 6.92 Å². The molecule has 11 nitrogen and oxygen atoms in total. The van der Waals surface area contributed by atoms with E-state index in [2.05, 4.69) is 9.97 Å². The van der Waals surface area contributed by atoms with Crippen molar-refractivity contribution in [3.63, 3.8) is 0 Å². The van der Waals surface area contributed by atoms with E-state index in [9.17, 15) is 25.3 Å². The highest BCUT2D eigenvalue weighted by Gasteiger charge is 2.18. The summed E-state index contributed by atoms with van der Waals surface area (Å²) in [5.41, 5.74) is 0. The molecule has 0 saturated heterocycles. The zero-order chi connectivity index (χ0) is 15.6. The molecule has 0 fully saturated rings. The number of hydrogen-bond donors (Lipinski definition) is 1. The molecule has 1 atom stereocenters. The number of aliphatic hydroxyl groups is 1. The molecule has 1 N–H and O–H groups in total. The Morgan fingerprint density at radius 3 is 2.43 bits per heavy atom. The van der Waals surface area contributed by atoms with Crippen molar-refractivity contribution < 1.29 is 15.0 Å². The first-order valence-electron chi connectivity index (χ1n) is 5.89. The number of hydrogen-bond acceptors (Lipinski definition) is 7. The summed E-state index contributed by atoms with van der Waals surface area (Å²) in [6.07, 6.45) is 2.78. The summed E-state index contributed by atoms with van der Waals surface area (Å²) in [6, 6.07) is 0. The maximum atomic E-state index is 10.6. The molecule has 112 valence electrons. The van der Waals surface area contributed by atoms with Crippen molar-refractivity contribution >= 4 is 11.6 Å². The van der Waals surface area contributed by atoms with Crippen molar-refractivity contribution in [1.29, 1.82) is 0 Å². The Morgan fingerprint density at radius 2 is 1.90 bits per heavy atom. The Hall–Kier alpha value is -2.82. The third kappa shape index (κ3) is 3.39. The molecule has 0 aromatic carbocycles. The Labute approximate surface area is 117 Å². The monoisotopic (exact) mass is 296 g/mol.